The Bertz CT molecular complexity index is 845. The average molecular weight is 346 g/mol. The molecule has 2 aromatic carbocycles. The van der Waals surface area contributed by atoms with Crippen molar-refractivity contribution >= 4 is 11.8 Å². The first-order chi connectivity index (χ1) is 11.9. The van der Waals surface area contributed by atoms with Gasteiger partial charge in [-0.25, -0.2) is 4.79 Å². The number of ether oxygens (including phenoxy) is 2. The number of aromatic hydroxyl groups is 3. The van der Waals surface area contributed by atoms with Gasteiger partial charge in [0.1, 0.15) is 18.1 Å². The third kappa shape index (κ3) is 3.20. The molecule has 1 heterocycles. The number of fused-ring (bicyclic) bond motifs is 1. The van der Waals surface area contributed by atoms with Gasteiger partial charge in [-0.3, -0.25) is 4.79 Å². The highest BCUT2D eigenvalue weighted by atomic mass is 16.6. The Kier molecular flexibility index (Phi) is 4.20. The topological polar surface area (TPSA) is 134 Å². The summed E-state index contributed by atoms with van der Waals surface area (Å²) in [7, 11) is 0. The number of hydrogen-bond acceptors (Lipinski definition) is 7. The third-order valence-corrected chi connectivity index (χ3v) is 3.73. The average Bonchev–Trinajstić information content (AvgIpc) is 2.56. The fraction of sp³-hybridized carbons (Fsp3) is 0.176. The van der Waals surface area contributed by atoms with Crippen LogP contribution >= 0.6 is 0 Å². The minimum atomic E-state index is -1.27. The molecular weight excluding hydrogens is 332 g/mol. The molecule has 2 atom stereocenters. The summed E-state index contributed by atoms with van der Waals surface area (Å²) in [6, 6.07) is 7.74. The molecule has 4 N–H and O–H groups in total. The molecule has 25 heavy (non-hydrogen) atoms. The van der Waals surface area contributed by atoms with Crippen molar-refractivity contribution in [2.75, 3.05) is 6.61 Å². The highest BCUT2D eigenvalue weighted by Gasteiger charge is 2.40. The normalized spacial score (nSPS) is 19.1. The van der Waals surface area contributed by atoms with E-state index in [2.05, 4.69) is 0 Å². The maximum atomic E-state index is 12.7. The van der Waals surface area contributed by atoms with Gasteiger partial charge in [-0.1, -0.05) is 6.07 Å². The van der Waals surface area contributed by atoms with E-state index >= 15 is 0 Å². The summed E-state index contributed by atoms with van der Waals surface area (Å²) >= 11 is 0. The number of carboxylic acid groups (broad SMARTS) is 1. The number of carbonyl (C=O) groups excluding carboxylic acids is 1. The van der Waals surface area contributed by atoms with E-state index in [1.807, 2.05) is 0 Å². The predicted octanol–water partition coefficient (Wildman–Crippen LogP) is 1.59. The van der Waals surface area contributed by atoms with Crippen LogP contribution in [-0.4, -0.2) is 44.9 Å². The number of carbonyl (C=O) groups is 2. The summed E-state index contributed by atoms with van der Waals surface area (Å²) in [5.74, 6) is -2.54. The van der Waals surface area contributed by atoms with Crippen molar-refractivity contribution in [3.8, 4) is 23.0 Å². The smallest absolute Gasteiger partial charge is 0.329 e. The monoisotopic (exact) mass is 346 g/mol. The molecule has 0 radical (unpaired) electrons. The van der Waals surface area contributed by atoms with Crippen LogP contribution in [0.5, 0.6) is 23.0 Å². The van der Waals surface area contributed by atoms with Gasteiger partial charge in [-0.2, -0.15) is 0 Å². The van der Waals surface area contributed by atoms with Crippen LogP contribution in [0.1, 0.15) is 22.0 Å². The standard InChI is InChI=1S/C17H14O8/c18-9-2-3-10-13(6-9)25-16(8-1-4-11(19)12(20)5-8)17(15(10)23)24-7-14(21)22/h1-6,16-20H,7H2,(H,21,22)/t16-,17+/m1/s1. The SMILES string of the molecule is O=C(O)CO[C@H]1C(=O)c2ccc(O)cc2O[C@@H]1c1ccc(O)c(O)c1. The number of phenolic OH excluding ortho intramolecular Hbond substituents is 3. The molecule has 0 unspecified atom stereocenters. The molecule has 0 saturated heterocycles. The summed E-state index contributed by atoms with van der Waals surface area (Å²) in [5.41, 5.74) is 0.445. The Balaban J connectivity index is 2.04. The van der Waals surface area contributed by atoms with Crippen LogP contribution in [0.4, 0.5) is 0 Å². The fourth-order valence-corrected chi connectivity index (χ4v) is 2.59. The molecule has 0 aliphatic carbocycles. The lowest BCUT2D eigenvalue weighted by Gasteiger charge is -2.32. The van der Waals surface area contributed by atoms with E-state index in [0.717, 1.165) is 0 Å². The van der Waals surface area contributed by atoms with E-state index in [1.165, 1.54) is 36.4 Å². The van der Waals surface area contributed by atoms with Crippen molar-refractivity contribution in [1.82, 2.24) is 0 Å². The molecule has 0 amide bonds. The minimum Gasteiger partial charge on any atom is -0.508 e. The Labute approximate surface area is 141 Å². The van der Waals surface area contributed by atoms with Gasteiger partial charge in [-0.15, -0.1) is 0 Å². The largest absolute Gasteiger partial charge is 0.508 e. The number of benzene rings is 2. The third-order valence-electron chi connectivity index (χ3n) is 3.73. The van der Waals surface area contributed by atoms with Crippen LogP contribution in [0, 0.1) is 0 Å². The fourth-order valence-electron chi connectivity index (χ4n) is 2.59. The first kappa shape index (κ1) is 16.6. The lowest BCUT2D eigenvalue weighted by molar-refractivity contribution is -0.145. The van der Waals surface area contributed by atoms with E-state index in [0.29, 0.717) is 5.56 Å². The van der Waals surface area contributed by atoms with Gasteiger partial charge in [0.05, 0.1) is 5.56 Å². The van der Waals surface area contributed by atoms with Crippen LogP contribution < -0.4 is 4.74 Å². The zero-order chi connectivity index (χ0) is 18.1. The molecule has 8 heteroatoms. The minimum absolute atomic E-state index is 0.108. The van der Waals surface area contributed by atoms with E-state index in [4.69, 9.17) is 14.6 Å². The second-order valence-corrected chi connectivity index (χ2v) is 5.46. The van der Waals surface area contributed by atoms with Crippen molar-refractivity contribution in [2.45, 2.75) is 12.2 Å². The number of hydrogen-bond donors (Lipinski definition) is 4. The van der Waals surface area contributed by atoms with Gasteiger partial charge in [0.2, 0.25) is 0 Å². The summed E-state index contributed by atoms with van der Waals surface area (Å²) in [6.07, 6.45) is -2.33. The van der Waals surface area contributed by atoms with Crippen molar-refractivity contribution in [1.29, 1.82) is 0 Å². The summed E-state index contributed by atoms with van der Waals surface area (Å²) in [6.45, 7) is -0.715. The van der Waals surface area contributed by atoms with E-state index in [-0.39, 0.29) is 22.8 Å². The molecule has 0 aromatic heterocycles. The molecule has 8 nitrogen and oxygen atoms in total. The summed E-state index contributed by atoms with van der Waals surface area (Å²) in [5, 5.41) is 37.5. The lowest BCUT2D eigenvalue weighted by Crippen LogP contribution is -2.39. The number of Topliss-reactive ketones (excluding diaryl/α,β-unsaturated/α-hetero) is 1. The zero-order valence-electron chi connectivity index (χ0n) is 12.7. The van der Waals surface area contributed by atoms with Crippen molar-refractivity contribution in [3.63, 3.8) is 0 Å². The van der Waals surface area contributed by atoms with Crippen LogP contribution in [0.2, 0.25) is 0 Å². The van der Waals surface area contributed by atoms with E-state index in [9.17, 15) is 24.9 Å². The van der Waals surface area contributed by atoms with Gasteiger partial charge < -0.3 is 29.9 Å². The molecule has 130 valence electrons. The molecule has 2 aromatic rings. The maximum absolute atomic E-state index is 12.7. The second kappa shape index (κ2) is 6.33. The molecule has 1 aliphatic rings. The molecule has 0 bridgehead atoms. The summed E-state index contributed by atoms with van der Waals surface area (Å²) < 4.78 is 10.9. The van der Waals surface area contributed by atoms with Crippen molar-refractivity contribution in [3.05, 3.63) is 47.5 Å². The number of aliphatic carboxylic acids is 1. The van der Waals surface area contributed by atoms with Crippen molar-refractivity contribution < 1.29 is 39.5 Å². The molecule has 3 rings (SSSR count). The zero-order valence-corrected chi connectivity index (χ0v) is 12.7. The second-order valence-electron chi connectivity index (χ2n) is 5.46. The quantitative estimate of drug-likeness (QED) is 0.613. The number of rotatable bonds is 4. The Morgan fingerprint density at radius 3 is 2.52 bits per heavy atom. The molecule has 0 saturated carbocycles. The van der Waals surface area contributed by atoms with E-state index in [1.54, 1.807) is 0 Å². The van der Waals surface area contributed by atoms with Crippen LogP contribution in [-0.2, 0) is 9.53 Å². The summed E-state index contributed by atoms with van der Waals surface area (Å²) in [4.78, 5) is 23.5. The van der Waals surface area contributed by atoms with Gasteiger partial charge in [0.25, 0.3) is 0 Å². The Hall–Kier alpha value is -3.26. The van der Waals surface area contributed by atoms with Crippen LogP contribution in [0.15, 0.2) is 36.4 Å². The Morgan fingerprint density at radius 1 is 1.08 bits per heavy atom. The Morgan fingerprint density at radius 2 is 1.84 bits per heavy atom. The number of phenols is 3. The maximum Gasteiger partial charge on any atom is 0.329 e. The number of ketones is 1. The number of carboxylic acids is 1. The van der Waals surface area contributed by atoms with E-state index < -0.39 is 36.3 Å². The van der Waals surface area contributed by atoms with Crippen LogP contribution in [0.3, 0.4) is 0 Å². The highest BCUT2D eigenvalue weighted by Crippen LogP contribution is 2.40. The molecular formula is C17H14O8. The van der Waals surface area contributed by atoms with Gasteiger partial charge in [0.15, 0.2) is 29.5 Å². The molecule has 0 spiro atoms. The lowest BCUT2D eigenvalue weighted by atomic mass is 9.93. The van der Waals surface area contributed by atoms with Crippen LogP contribution in [0.25, 0.3) is 0 Å². The van der Waals surface area contributed by atoms with Gasteiger partial charge in [-0.05, 0) is 29.8 Å². The first-order valence-electron chi connectivity index (χ1n) is 7.26. The van der Waals surface area contributed by atoms with Gasteiger partial charge in [0, 0.05) is 6.07 Å². The first-order valence-corrected chi connectivity index (χ1v) is 7.26. The van der Waals surface area contributed by atoms with Crippen molar-refractivity contribution in [2.24, 2.45) is 0 Å². The molecule has 1 aliphatic heterocycles. The predicted molar refractivity (Wildman–Crippen MR) is 83.0 cm³/mol. The molecule has 0 fully saturated rings. The highest BCUT2D eigenvalue weighted by molar-refractivity contribution is 6.03. The van der Waals surface area contributed by atoms with Gasteiger partial charge >= 0.3 is 5.97 Å².